The number of rotatable bonds is 6. The minimum atomic E-state index is -0.00159. The molecule has 0 radical (unpaired) electrons. The minimum absolute atomic E-state index is 0.00159. The van der Waals surface area contributed by atoms with Crippen molar-refractivity contribution in [2.24, 2.45) is 0 Å². The van der Waals surface area contributed by atoms with E-state index in [0.717, 1.165) is 24.4 Å². The fourth-order valence-electron chi connectivity index (χ4n) is 1.50. The van der Waals surface area contributed by atoms with Crippen LogP contribution >= 0.6 is 0 Å². The molecule has 1 aromatic heterocycles. The molecule has 0 bridgehead atoms. The first-order chi connectivity index (χ1) is 7.71. The van der Waals surface area contributed by atoms with Crippen LogP contribution in [0.3, 0.4) is 0 Å². The Morgan fingerprint density at radius 1 is 1.50 bits per heavy atom. The summed E-state index contributed by atoms with van der Waals surface area (Å²) in [6.45, 7) is 6.02. The standard InChI is InChI=1S/C11H20N4O/c1-4-9-6-10(15(5-2)14-9)7-13-8-11(16)12-3/h6,13H,4-5,7-8H2,1-3H3,(H,12,16). The van der Waals surface area contributed by atoms with Crippen LogP contribution in [0.5, 0.6) is 0 Å². The molecule has 1 amide bonds. The second kappa shape index (κ2) is 6.27. The first-order valence-electron chi connectivity index (χ1n) is 5.68. The van der Waals surface area contributed by atoms with Gasteiger partial charge in [-0.1, -0.05) is 6.92 Å². The van der Waals surface area contributed by atoms with Crippen molar-refractivity contribution in [3.63, 3.8) is 0 Å². The molecule has 1 rings (SSSR count). The number of aromatic nitrogens is 2. The lowest BCUT2D eigenvalue weighted by Crippen LogP contribution is -2.31. The van der Waals surface area contributed by atoms with Crippen LogP contribution < -0.4 is 10.6 Å². The van der Waals surface area contributed by atoms with Crippen molar-refractivity contribution in [2.75, 3.05) is 13.6 Å². The van der Waals surface area contributed by atoms with Gasteiger partial charge in [0, 0.05) is 20.1 Å². The number of carbonyl (C=O) groups excluding carboxylic acids is 1. The maximum Gasteiger partial charge on any atom is 0.233 e. The fraction of sp³-hybridized carbons (Fsp3) is 0.636. The number of carbonyl (C=O) groups is 1. The van der Waals surface area contributed by atoms with Crippen molar-refractivity contribution in [3.8, 4) is 0 Å². The van der Waals surface area contributed by atoms with E-state index in [4.69, 9.17) is 0 Å². The van der Waals surface area contributed by atoms with E-state index in [2.05, 4.69) is 35.6 Å². The predicted octanol–water partition coefficient (Wildman–Crippen LogP) is 0.301. The van der Waals surface area contributed by atoms with Crippen LogP contribution in [0.15, 0.2) is 6.07 Å². The average molecular weight is 224 g/mol. The van der Waals surface area contributed by atoms with E-state index >= 15 is 0 Å². The molecular weight excluding hydrogens is 204 g/mol. The second-order valence-corrected chi connectivity index (χ2v) is 3.57. The highest BCUT2D eigenvalue weighted by molar-refractivity contribution is 5.77. The SMILES string of the molecule is CCc1cc(CNCC(=O)NC)n(CC)n1. The van der Waals surface area contributed by atoms with E-state index in [1.54, 1.807) is 7.05 Å². The monoisotopic (exact) mass is 224 g/mol. The summed E-state index contributed by atoms with van der Waals surface area (Å²) in [4.78, 5) is 11.0. The summed E-state index contributed by atoms with van der Waals surface area (Å²) in [5.74, 6) is -0.00159. The van der Waals surface area contributed by atoms with E-state index in [0.29, 0.717) is 13.1 Å². The topological polar surface area (TPSA) is 59.0 Å². The van der Waals surface area contributed by atoms with Crippen LogP contribution in [0.1, 0.15) is 25.2 Å². The smallest absolute Gasteiger partial charge is 0.233 e. The van der Waals surface area contributed by atoms with Crippen LogP contribution in [0.2, 0.25) is 0 Å². The molecule has 5 heteroatoms. The van der Waals surface area contributed by atoms with Crippen molar-refractivity contribution < 1.29 is 4.79 Å². The second-order valence-electron chi connectivity index (χ2n) is 3.57. The molecule has 0 aliphatic rings. The van der Waals surface area contributed by atoms with Gasteiger partial charge in [-0.15, -0.1) is 0 Å². The molecule has 0 fully saturated rings. The molecule has 1 aromatic rings. The third kappa shape index (κ3) is 3.34. The predicted molar refractivity (Wildman–Crippen MR) is 63.1 cm³/mol. The van der Waals surface area contributed by atoms with E-state index in [1.807, 2.05) is 4.68 Å². The van der Waals surface area contributed by atoms with Gasteiger partial charge in [0.15, 0.2) is 0 Å². The molecule has 2 N–H and O–H groups in total. The van der Waals surface area contributed by atoms with E-state index in [-0.39, 0.29) is 5.91 Å². The van der Waals surface area contributed by atoms with Crippen LogP contribution in [-0.2, 0) is 24.3 Å². The molecular formula is C11H20N4O. The zero-order valence-corrected chi connectivity index (χ0v) is 10.2. The Kier molecular flexibility index (Phi) is 4.98. The Morgan fingerprint density at radius 3 is 2.81 bits per heavy atom. The molecule has 5 nitrogen and oxygen atoms in total. The van der Waals surface area contributed by atoms with Crippen LogP contribution in [-0.4, -0.2) is 29.3 Å². The maximum absolute atomic E-state index is 11.0. The Labute approximate surface area is 96.2 Å². The number of amides is 1. The number of hydrogen-bond donors (Lipinski definition) is 2. The number of aryl methyl sites for hydroxylation is 2. The highest BCUT2D eigenvalue weighted by atomic mass is 16.1. The zero-order chi connectivity index (χ0) is 12.0. The highest BCUT2D eigenvalue weighted by Gasteiger charge is 2.05. The van der Waals surface area contributed by atoms with Crippen molar-refractivity contribution in [2.45, 2.75) is 33.4 Å². The van der Waals surface area contributed by atoms with Gasteiger partial charge < -0.3 is 10.6 Å². The van der Waals surface area contributed by atoms with Gasteiger partial charge in [-0.3, -0.25) is 9.48 Å². The van der Waals surface area contributed by atoms with Gasteiger partial charge in [-0.05, 0) is 19.4 Å². The van der Waals surface area contributed by atoms with Crippen LogP contribution in [0.25, 0.3) is 0 Å². The summed E-state index contributed by atoms with van der Waals surface area (Å²) in [6, 6.07) is 2.08. The Morgan fingerprint density at radius 2 is 2.25 bits per heavy atom. The summed E-state index contributed by atoms with van der Waals surface area (Å²) in [7, 11) is 1.63. The summed E-state index contributed by atoms with van der Waals surface area (Å²) < 4.78 is 1.97. The molecule has 0 unspecified atom stereocenters. The number of likely N-dealkylation sites (N-methyl/N-ethyl adjacent to an activating group) is 1. The van der Waals surface area contributed by atoms with Crippen LogP contribution in [0, 0.1) is 0 Å². The van der Waals surface area contributed by atoms with Crippen molar-refractivity contribution in [1.82, 2.24) is 20.4 Å². The lowest BCUT2D eigenvalue weighted by atomic mass is 10.3. The van der Waals surface area contributed by atoms with Crippen molar-refractivity contribution in [3.05, 3.63) is 17.5 Å². The van der Waals surface area contributed by atoms with Gasteiger partial charge in [0.1, 0.15) is 0 Å². The normalized spacial score (nSPS) is 10.4. The first-order valence-corrected chi connectivity index (χ1v) is 5.68. The quantitative estimate of drug-likeness (QED) is 0.730. The molecule has 0 aliphatic heterocycles. The van der Waals surface area contributed by atoms with Gasteiger partial charge in [-0.2, -0.15) is 5.10 Å². The molecule has 90 valence electrons. The van der Waals surface area contributed by atoms with E-state index in [1.165, 1.54) is 0 Å². The average Bonchev–Trinajstić information content (AvgIpc) is 2.71. The zero-order valence-electron chi connectivity index (χ0n) is 10.2. The number of hydrogen-bond acceptors (Lipinski definition) is 3. The Hall–Kier alpha value is -1.36. The van der Waals surface area contributed by atoms with Gasteiger partial charge in [0.2, 0.25) is 5.91 Å². The molecule has 0 saturated heterocycles. The largest absolute Gasteiger partial charge is 0.358 e. The third-order valence-corrected chi connectivity index (χ3v) is 2.45. The summed E-state index contributed by atoms with van der Waals surface area (Å²) in [5.41, 5.74) is 2.22. The minimum Gasteiger partial charge on any atom is -0.358 e. The van der Waals surface area contributed by atoms with E-state index in [9.17, 15) is 4.79 Å². The van der Waals surface area contributed by atoms with Crippen molar-refractivity contribution >= 4 is 5.91 Å². The molecule has 0 aromatic carbocycles. The molecule has 0 aliphatic carbocycles. The summed E-state index contributed by atoms with van der Waals surface area (Å²) >= 11 is 0. The van der Waals surface area contributed by atoms with Crippen molar-refractivity contribution in [1.29, 1.82) is 0 Å². The molecule has 16 heavy (non-hydrogen) atoms. The summed E-state index contributed by atoms with van der Waals surface area (Å²) in [5, 5.41) is 10.1. The summed E-state index contributed by atoms with van der Waals surface area (Å²) in [6.07, 6.45) is 0.940. The van der Waals surface area contributed by atoms with Gasteiger partial charge >= 0.3 is 0 Å². The van der Waals surface area contributed by atoms with Gasteiger partial charge in [0.05, 0.1) is 17.9 Å². The molecule has 0 saturated carbocycles. The Bertz CT molecular complexity index is 346. The van der Waals surface area contributed by atoms with E-state index < -0.39 is 0 Å². The van der Waals surface area contributed by atoms with Crippen LogP contribution in [0.4, 0.5) is 0 Å². The molecule has 0 atom stereocenters. The molecule has 0 spiro atoms. The molecule has 1 heterocycles. The number of nitrogens with one attached hydrogen (secondary N) is 2. The lowest BCUT2D eigenvalue weighted by molar-refractivity contribution is -0.119. The Balaban J connectivity index is 2.52. The van der Waals surface area contributed by atoms with Gasteiger partial charge in [-0.25, -0.2) is 0 Å². The maximum atomic E-state index is 11.0. The fourth-order valence-corrected chi connectivity index (χ4v) is 1.50. The number of nitrogens with zero attached hydrogens (tertiary/aromatic N) is 2. The first kappa shape index (κ1) is 12.7. The lowest BCUT2D eigenvalue weighted by Gasteiger charge is -2.05. The highest BCUT2D eigenvalue weighted by Crippen LogP contribution is 2.04. The third-order valence-electron chi connectivity index (χ3n) is 2.45. The van der Waals surface area contributed by atoms with Gasteiger partial charge in [0.25, 0.3) is 0 Å².